The van der Waals surface area contributed by atoms with Crippen LogP contribution in [0.25, 0.3) is 0 Å². The van der Waals surface area contributed by atoms with Gasteiger partial charge < -0.3 is 0 Å². The maximum absolute atomic E-state index is 10.6. The van der Waals surface area contributed by atoms with Gasteiger partial charge in [0.2, 0.25) is 0 Å². The number of rotatable bonds is 2. The van der Waals surface area contributed by atoms with Crippen molar-refractivity contribution in [3.8, 4) is 0 Å². The third-order valence-corrected chi connectivity index (χ3v) is 2.06. The van der Waals surface area contributed by atoms with Gasteiger partial charge in [-0.1, -0.05) is 6.42 Å². The summed E-state index contributed by atoms with van der Waals surface area (Å²) >= 11 is 0. The normalized spacial score (nSPS) is 22.9. The fourth-order valence-electron chi connectivity index (χ4n) is 1.11. The highest BCUT2D eigenvalue weighted by Gasteiger charge is 2.27. The molecular weight excluding hydrogens is 114 g/mol. The van der Waals surface area contributed by atoms with E-state index in [1.165, 1.54) is 13.3 Å². The van der Waals surface area contributed by atoms with E-state index < -0.39 is 6.04 Å². The van der Waals surface area contributed by atoms with Crippen molar-refractivity contribution < 1.29 is 4.79 Å². The molecule has 9 heavy (non-hydrogen) atoms. The van der Waals surface area contributed by atoms with Crippen molar-refractivity contribution in [1.29, 1.82) is 0 Å². The number of hydrogen-bond donors (Lipinski definition) is 0. The Morgan fingerprint density at radius 2 is 2.22 bits per heavy atom. The molecule has 0 aromatic carbocycles. The Kier molecular flexibility index (Phi) is 1.86. The average molecular weight is 126 g/mol. The first-order valence-corrected chi connectivity index (χ1v) is 3.43. The van der Waals surface area contributed by atoms with Gasteiger partial charge in [0.15, 0.2) is 0 Å². The number of Topliss-reactive ketones (excluding diaryl/α,β-unsaturated/α-hetero) is 1. The van der Waals surface area contributed by atoms with E-state index in [0.717, 1.165) is 12.8 Å². The van der Waals surface area contributed by atoms with Crippen molar-refractivity contribution >= 4 is 5.78 Å². The molecule has 1 N–H and O–H groups in total. The molecule has 1 fully saturated rings. The maximum Gasteiger partial charge on any atom is 0.148 e. The van der Waals surface area contributed by atoms with Crippen molar-refractivity contribution in [3.63, 3.8) is 0 Å². The summed E-state index contributed by atoms with van der Waals surface area (Å²) in [5, 5.41) is 0. The molecular formula is C7H12NO. The molecule has 1 atom stereocenters. The average Bonchev–Trinajstić information content (AvgIpc) is 1.60. The number of nitrogens with one attached hydrogen (secondary N) is 1. The summed E-state index contributed by atoms with van der Waals surface area (Å²) in [7, 11) is 0. The molecule has 1 aliphatic carbocycles. The highest BCUT2D eigenvalue weighted by Crippen LogP contribution is 2.29. The van der Waals surface area contributed by atoms with Crippen molar-refractivity contribution in [2.75, 3.05) is 0 Å². The zero-order valence-corrected chi connectivity index (χ0v) is 5.68. The summed E-state index contributed by atoms with van der Waals surface area (Å²) in [5.41, 5.74) is 7.33. The van der Waals surface area contributed by atoms with Gasteiger partial charge in [0.1, 0.15) is 5.78 Å². The van der Waals surface area contributed by atoms with Gasteiger partial charge in [-0.3, -0.25) is 4.79 Å². The van der Waals surface area contributed by atoms with Crippen LogP contribution in [-0.2, 0) is 4.79 Å². The predicted molar refractivity (Wildman–Crippen MR) is 34.9 cm³/mol. The zero-order valence-electron chi connectivity index (χ0n) is 5.68. The highest BCUT2D eigenvalue weighted by atomic mass is 16.1. The summed E-state index contributed by atoms with van der Waals surface area (Å²) < 4.78 is 0. The standard InChI is InChI=1S/C7H12NO/c1-5(9)7(8)6-3-2-4-6/h6-8H,2-4H2,1H3. The van der Waals surface area contributed by atoms with Crippen LogP contribution < -0.4 is 5.73 Å². The SMILES string of the molecule is CC(=O)C([NH])C1CCC1. The quantitative estimate of drug-likeness (QED) is 0.544. The molecule has 0 aromatic heterocycles. The van der Waals surface area contributed by atoms with Crippen LogP contribution in [-0.4, -0.2) is 11.8 Å². The summed E-state index contributed by atoms with van der Waals surface area (Å²) in [6.07, 6.45) is 3.40. The number of carbonyl (C=O) groups is 1. The first-order chi connectivity index (χ1) is 4.22. The lowest BCUT2D eigenvalue weighted by Gasteiger charge is -2.28. The molecule has 1 unspecified atom stereocenters. The van der Waals surface area contributed by atoms with E-state index in [1.54, 1.807) is 0 Å². The fourth-order valence-corrected chi connectivity index (χ4v) is 1.11. The molecule has 1 saturated carbocycles. The van der Waals surface area contributed by atoms with Crippen LogP contribution >= 0.6 is 0 Å². The van der Waals surface area contributed by atoms with E-state index >= 15 is 0 Å². The minimum absolute atomic E-state index is 0.0275. The van der Waals surface area contributed by atoms with Crippen LogP contribution in [0.5, 0.6) is 0 Å². The molecule has 0 spiro atoms. The molecule has 1 radical (unpaired) electrons. The largest absolute Gasteiger partial charge is 0.298 e. The van der Waals surface area contributed by atoms with Gasteiger partial charge in [0, 0.05) is 0 Å². The van der Waals surface area contributed by atoms with Gasteiger partial charge in [0.25, 0.3) is 0 Å². The van der Waals surface area contributed by atoms with Crippen molar-refractivity contribution in [3.05, 3.63) is 0 Å². The molecule has 0 saturated heterocycles. The first kappa shape index (κ1) is 6.75. The highest BCUT2D eigenvalue weighted by molar-refractivity contribution is 5.81. The number of hydrogen-bond acceptors (Lipinski definition) is 1. The van der Waals surface area contributed by atoms with Crippen molar-refractivity contribution in [1.82, 2.24) is 5.73 Å². The molecule has 2 nitrogen and oxygen atoms in total. The van der Waals surface area contributed by atoms with Crippen LogP contribution in [0.1, 0.15) is 26.2 Å². The molecule has 0 aliphatic heterocycles. The van der Waals surface area contributed by atoms with Crippen LogP contribution in [0.3, 0.4) is 0 Å². The van der Waals surface area contributed by atoms with Gasteiger partial charge in [-0.05, 0) is 25.7 Å². The maximum atomic E-state index is 10.6. The Hall–Kier alpha value is -0.370. The second-order valence-corrected chi connectivity index (χ2v) is 2.78. The number of carbonyl (C=O) groups excluding carboxylic acids is 1. The summed E-state index contributed by atoms with van der Waals surface area (Å²) in [6.45, 7) is 1.51. The molecule has 51 valence electrons. The van der Waals surface area contributed by atoms with E-state index in [4.69, 9.17) is 5.73 Å². The minimum Gasteiger partial charge on any atom is -0.298 e. The Bertz CT molecular complexity index is 118. The van der Waals surface area contributed by atoms with Crippen LogP contribution in [0, 0.1) is 5.92 Å². The third-order valence-electron chi connectivity index (χ3n) is 2.06. The van der Waals surface area contributed by atoms with Crippen LogP contribution in [0.4, 0.5) is 0 Å². The smallest absolute Gasteiger partial charge is 0.148 e. The molecule has 2 heteroatoms. The lowest BCUT2D eigenvalue weighted by atomic mass is 9.79. The van der Waals surface area contributed by atoms with Gasteiger partial charge in [0.05, 0.1) is 6.04 Å². The summed E-state index contributed by atoms with van der Waals surface area (Å²) in [6, 6.07) is -0.418. The van der Waals surface area contributed by atoms with E-state index in [0.29, 0.717) is 5.92 Å². The molecule has 1 rings (SSSR count). The Morgan fingerprint density at radius 1 is 1.67 bits per heavy atom. The Labute approximate surface area is 55.4 Å². The summed E-state index contributed by atoms with van der Waals surface area (Å²) in [5.74, 6) is 0.419. The summed E-state index contributed by atoms with van der Waals surface area (Å²) in [4.78, 5) is 10.6. The van der Waals surface area contributed by atoms with E-state index in [2.05, 4.69) is 0 Å². The third kappa shape index (κ3) is 1.30. The van der Waals surface area contributed by atoms with Crippen molar-refractivity contribution in [2.45, 2.75) is 32.2 Å². The van der Waals surface area contributed by atoms with Crippen LogP contribution in [0.15, 0.2) is 0 Å². The Morgan fingerprint density at radius 3 is 2.33 bits per heavy atom. The van der Waals surface area contributed by atoms with E-state index in [9.17, 15) is 4.79 Å². The zero-order chi connectivity index (χ0) is 6.85. The monoisotopic (exact) mass is 126 g/mol. The van der Waals surface area contributed by atoms with E-state index in [1.807, 2.05) is 0 Å². The molecule has 1 aliphatic rings. The van der Waals surface area contributed by atoms with E-state index in [-0.39, 0.29) is 5.78 Å². The topological polar surface area (TPSA) is 40.9 Å². The predicted octanol–water partition coefficient (Wildman–Crippen LogP) is 1.03. The lowest BCUT2D eigenvalue weighted by molar-refractivity contribution is -0.120. The minimum atomic E-state index is -0.418. The van der Waals surface area contributed by atoms with Gasteiger partial charge in [-0.2, -0.15) is 0 Å². The lowest BCUT2D eigenvalue weighted by Crippen LogP contribution is -2.33. The van der Waals surface area contributed by atoms with Gasteiger partial charge in [-0.15, -0.1) is 0 Å². The fraction of sp³-hybridized carbons (Fsp3) is 0.857. The van der Waals surface area contributed by atoms with Crippen LogP contribution in [0.2, 0.25) is 0 Å². The van der Waals surface area contributed by atoms with Gasteiger partial charge >= 0.3 is 0 Å². The molecule has 0 aromatic rings. The number of ketones is 1. The Balaban J connectivity index is 2.32. The molecule has 0 heterocycles. The molecule has 0 bridgehead atoms. The van der Waals surface area contributed by atoms with Gasteiger partial charge in [-0.25, -0.2) is 5.73 Å². The first-order valence-electron chi connectivity index (χ1n) is 3.43. The second kappa shape index (κ2) is 2.48. The second-order valence-electron chi connectivity index (χ2n) is 2.78. The van der Waals surface area contributed by atoms with Crippen molar-refractivity contribution in [2.24, 2.45) is 5.92 Å². The molecule has 0 amide bonds.